The molecular formula is C16H24N2O3. The van der Waals surface area contributed by atoms with Gasteiger partial charge in [0.25, 0.3) is 0 Å². The van der Waals surface area contributed by atoms with E-state index in [1.165, 1.54) is 19.3 Å². The van der Waals surface area contributed by atoms with Gasteiger partial charge in [0.1, 0.15) is 5.75 Å². The highest BCUT2D eigenvalue weighted by Gasteiger charge is 2.22. The van der Waals surface area contributed by atoms with Gasteiger partial charge < -0.3 is 20.5 Å². The van der Waals surface area contributed by atoms with Crippen molar-refractivity contribution in [3.63, 3.8) is 0 Å². The lowest BCUT2D eigenvalue weighted by atomic mass is 9.85. The van der Waals surface area contributed by atoms with Crippen molar-refractivity contribution in [3.05, 3.63) is 24.3 Å². The first-order valence-corrected chi connectivity index (χ1v) is 7.56. The zero-order chi connectivity index (χ0) is 15.1. The van der Waals surface area contributed by atoms with Crippen molar-refractivity contribution >= 4 is 11.7 Å². The van der Waals surface area contributed by atoms with Crippen molar-refractivity contribution < 1.29 is 14.6 Å². The number of methoxy groups -OCH3 is 1. The zero-order valence-electron chi connectivity index (χ0n) is 12.5. The molecule has 1 aromatic carbocycles. The Morgan fingerprint density at radius 1 is 1.33 bits per heavy atom. The second-order valence-electron chi connectivity index (χ2n) is 5.50. The predicted octanol–water partition coefficient (Wildman–Crippen LogP) is 2.76. The van der Waals surface area contributed by atoms with Crippen LogP contribution >= 0.6 is 0 Å². The van der Waals surface area contributed by atoms with E-state index in [1.54, 1.807) is 19.2 Å². The normalized spacial score (nSPS) is 17.0. The van der Waals surface area contributed by atoms with Crippen LogP contribution in [0.5, 0.6) is 5.75 Å². The molecule has 0 heterocycles. The fourth-order valence-electron chi connectivity index (χ4n) is 2.80. The number of nitrogens with one attached hydrogen (secondary N) is 2. The van der Waals surface area contributed by atoms with Crippen LogP contribution in [0, 0.1) is 5.92 Å². The van der Waals surface area contributed by atoms with E-state index in [-0.39, 0.29) is 12.6 Å². The van der Waals surface area contributed by atoms with Crippen molar-refractivity contribution in [2.75, 3.05) is 19.0 Å². The molecule has 0 aliphatic heterocycles. The lowest BCUT2D eigenvalue weighted by Crippen LogP contribution is -2.39. The van der Waals surface area contributed by atoms with E-state index in [2.05, 4.69) is 10.6 Å². The number of hydrogen-bond acceptors (Lipinski definition) is 3. The Hall–Kier alpha value is -1.75. The average molecular weight is 292 g/mol. The fourth-order valence-corrected chi connectivity index (χ4v) is 2.80. The third-order valence-corrected chi connectivity index (χ3v) is 4.02. The van der Waals surface area contributed by atoms with Gasteiger partial charge in [0.05, 0.1) is 18.9 Å². The highest BCUT2D eigenvalue weighted by atomic mass is 16.5. The predicted molar refractivity (Wildman–Crippen MR) is 82.6 cm³/mol. The zero-order valence-corrected chi connectivity index (χ0v) is 12.5. The summed E-state index contributed by atoms with van der Waals surface area (Å²) in [7, 11) is 1.56. The van der Waals surface area contributed by atoms with Crippen molar-refractivity contribution in [2.24, 2.45) is 5.92 Å². The number of para-hydroxylation sites is 2. The topological polar surface area (TPSA) is 70.6 Å². The van der Waals surface area contributed by atoms with E-state index in [4.69, 9.17) is 4.74 Å². The molecule has 1 unspecified atom stereocenters. The Morgan fingerprint density at radius 2 is 2.05 bits per heavy atom. The second kappa shape index (κ2) is 7.88. The highest BCUT2D eigenvalue weighted by Crippen LogP contribution is 2.26. The van der Waals surface area contributed by atoms with Crippen LogP contribution in [-0.4, -0.2) is 30.9 Å². The number of benzene rings is 1. The van der Waals surface area contributed by atoms with E-state index >= 15 is 0 Å². The molecule has 1 aliphatic carbocycles. The van der Waals surface area contributed by atoms with Gasteiger partial charge in [-0.25, -0.2) is 4.79 Å². The standard InChI is InChI=1S/C16H24N2O3/c1-21-15-10-6-5-9-13(15)18-16(20)17-11-14(19)12-7-3-2-4-8-12/h5-6,9-10,12,14,19H,2-4,7-8,11H2,1H3,(H2,17,18,20). The lowest BCUT2D eigenvalue weighted by molar-refractivity contribution is 0.0863. The number of ether oxygens (including phenoxy) is 1. The van der Waals surface area contributed by atoms with Crippen LogP contribution in [-0.2, 0) is 0 Å². The second-order valence-corrected chi connectivity index (χ2v) is 5.50. The summed E-state index contributed by atoms with van der Waals surface area (Å²) in [6.45, 7) is 0.283. The van der Waals surface area contributed by atoms with E-state index < -0.39 is 6.10 Å². The number of aliphatic hydroxyl groups is 1. The molecule has 0 bridgehead atoms. The van der Waals surface area contributed by atoms with Gasteiger partial charge in [-0.05, 0) is 30.9 Å². The molecular weight excluding hydrogens is 268 g/mol. The van der Waals surface area contributed by atoms with Gasteiger partial charge in [-0.2, -0.15) is 0 Å². The molecule has 0 radical (unpaired) electrons. The van der Waals surface area contributed by atoms with Gasteiger partial charge in [0.2, 0.25) is 0 Å². The molecule has 3 N–H and O–H groups in total. The molecule has 5 nitrogen and oxygen atoms in total. The molecule has 2 rings (SSSR count). The minimum atomic E-state index is -0.464. The number of amides is 2. The third-order valence-electron chi connectivity index (χ3n) is 4.02. The smallest absolute Gasteiger partial charge is 0.319 e. The van der Waals surface area contributed by atoms with Crippen LogP contribution in [0.3, 0.4) is 0 Å². The van der Waals surface area contributed by atoms with Gasteiger partial charge in [0.15, 0.2) is 0 Å². The van der Waals surface area contributed by atoms with Crippen LogP contribution in [0.25, 0.3) is 0 Å². The van der Waals surface area contributed by atoms with Crippen molar-refractivity contribution in [2.45, 2.75) is 38.2 Å². The molecule has 0 saturated heterocycles. The number of carbonyl (C=O) groups excluding carboxylic acids is 1. The largest absolute Gasteiger partial charge is 0.495 e. The summed E-state index contributed by atoms with van der Waals surface area (Å²) in [6, 6.07) is 6.90. The maximum atomic E-state index is 11.9. The number of rotatable bonds is 5. The van der Waals surface area contributed by atoms with Crippen LogP contribution in [0.2, 0.25) is 0 Å². The molecule has 0 aromatic heterocycles. The Kier molecular flexibility index (Phi) is 5.87. The minimum absolute atomic E-state index is 0.283. The Morgan fingerprint density at radius 3 is 2.76 bits per heavy atom. The molecule has 1 aliphatic rings. The van der Waals surface area contributed by atoms with Gasteiger partial charge in [0, 0.05) is 6.54 Å². The summed E-state index contributed by atoms with van der Waals surface area (Å²) < 4.78 is 5.18. The number of aliphatic hydroxyl groups excluding tert-OH is 1. The maximum Gasteiger partial charge on any atom is 0.319 e. The molecule has 0 spiro atoms. The summed E-state index contributed by atoms with van der Waals surface area (Å²) in [5.41, 5.74) is 0.615. The van der Waals surface area contributed by atoms with Gasteiger partial charge in [-0.3, -0.25) is 0 Å². The molecule has 1 saturated carbocycles. The minimum Gasteiger partial charge on any atom is -0.495 e. The summed E-state index contributed by atoms with van der Waals surface area (Å²) >= 11 is 0. The first kappa shape index (κ1) is 15.6. The van der Waals surface area contributed by atoms with Crippen LogP contribution < -0.4 is 15.4 Å². The van der Waals surface area contributed by atoms with Gasteiger partial charge >= 0.3 is 6.03 Å². The van der Waals surface area contributed by atoms with Crippen molar-refractivity contribution in [1.82, 2.24) is 5.32 Å². The summed E-state index contributed by atoms with van der Waals surface area (Å²) in [4.78, 5) is 11.9. The number of anilines is 1. The fraction of sp³-hybridized carbons (Fsp3) is 0.562. The SMILES string of the molecule is COc1ccccc1NC(=O)NCC(O)C1CCCCC1. The van der Waals surface area contributed by atoms with Crippen LogP contribution in [0.1, 0.15) is 32.1 Å². The first-order valence-electron chi connectivity index (χ1n) is 7.56. The molecule has 1 aromatic rings. The molecule has 116 valence electrons. The number of carbonyl (C=O) groups is 1. The van der Waals surface area contributed by atoms with Gasteiger partial charge in [-0.15, -0.1) is 0 Å². The molecule has 2 amide bonds. The first-order chi connectivity index (χ1) is 10.2. The lowest BCUT2D eigenvalue weighted by Gasteiger charge is -2.26. The van der Waals surface area contributed by atoms with Crippen molar-refractivity contribution in [1.29, 1.82) is 0 Å². The van der Waals surface area contributed by atoms with E-state index in [0.29, 0.717) is 17.4 Å². The Labute approximate surface area is 125 Å². The van der Waals surface area contributed by atoms with Gasteiger partial charge in [-0.1, -0.05) is 31.4 Å². The quantitative estimate of drug-likeness (QED) is 0.781. The summed E-state index contributed by atoms with van der Waals surface area (Å²) in [6.07, 6.45) is 5.25. The molecule has 1 fully saturated rings. The van der Waals surface area contributed by atoms with E-state index in [1.807, 2.05) is 12.1 Å². The summed E-state index contributed by atoms with van der Waals surface area (Å²) in [5.74, 6) is 0.922. The van der Waals surface area contributed by atoms with E-state index in [9.17, 15) is 9.90 Å². The Bertz CT molecular complexity index is 459. The van der Waals surface area contributed by atoms with Crippen LogP contribution in [0.4, 0.5) is 10.5 Å². The monoisotopic (exact) mass is 292 g/mol. The number of hydrogen-bond donors (Lipinski definition) is 3. The number of urea groups is 1. The molecule has 5 heteroatoms. The van der Waals surface area contributed by atoms with Crippen LogP contribution in [0.15, 0.2) is 24.3 Å². The third kappa shape index (κ3) is 4.63. The average Bonchev–Trinajstić information content (AvgIpc) is 2.54. The van der Waals surface area contributed by atoms with Crippen molar-refractivity contribution in [3.8, 4) is 5.75 Å². The molecule has 21 heavy (non-hydrogen) atoms. The van der Waals surface area contributed by atoms with E-state index in [0.717, 1.165) is 12.8 Å². The maximum absolute atomic E-state index is 11.9. The highest BCUT2D eigenvalue weighted by molar-refractivity contribution is 5.90. The Balaban J connectivity index is 1.79. The summed E-state index contributed by atoms with van der Waals surface area (Å²) in [5, 5.41) is 15.6. The molecule has 1 atom stereocenters.